The van der Waals surface area contributed by atoms with E-state index >= 15 is 0 Å². The number of carbonyl (C=O) groups excluding carboxylic acids is 1. The fraction of sp³-hybridized carbons (Fsp3) is 0. The molecular weight excluding hydrogens is 297 g/mol. The molecule has 3 aromatic rings. The van der Waals surface area contributed by atoms with Gasteiger partial charge in [-0.15, -0.1) is 0 Å². The first-order valence-electron chi connectivity index (χ1n) is 5.77. The summed E-state index contributed by atoms with van der Waals surface area (Å²) in [5, 5.41) is 19.3. The molecule has 0 aliphatic carbocycles. The average Bonchev–Trinajstić information content (AvgIpc) is 2.91. The number of azide groups is 1. The van der Waals surface area contributed by atoms with E-state index < -0.39 is 5.97 Å². The van der Waals surface area contributed by atoms with Gasteiger partial charge in [0.2, 0.25) is 0 Å². The molecule has 0 N–H and O–H groups in total. The summed E-state index contributed by atoms with van der Waals surface area (Å²) in [5.74, 6) is -1.07. The van der Waals surface area contributed by atoms with Crippen LogP contribution in [0.1, 0.15) is 10.4 Å². The van der Waals surface area contributed by atoms with E-state index in [2.05, 4.69) is 25.1 Å². The second-order valence-corrected chi connectivity index (χ2v) is 4.00. The average molecular weight is 303 g/mol. The molecule has 0 spiro atoms. The predicted molar refractivity (Wildman–Crippen MR) is 69.8 cm³/mol. The molecule has 0 saturated carbocycles. The first-order chi connectivity index (χ1) is 10.2. The summed E-state index contributed by atoms with van der Waals surface area (Å²) in [6.45, 7) is 0. The summed E-state index contributed by atoms with van der Waals surface area (Å²) in [7, 11) is 0. The molecule has 22 heavy (non-hydrogen) atoms. The number of hydrogen-bond acceptors (Lipinski definition) is 6. The Morgan fingerprint density at radius 2 is 2.09 bits per heavy atom. The van der Waals surface area contributed by atoms with Gasteiger partial charge in [-0.1, -0.05) is 18.2 Å². The smallest absolute Gasteiger partial charge is 0.545 e. The maximum absolute atomic E-state index is 11.1. The molecule has 0 unspecified atom stereocenters. The maximum Gasteiger partial charge on any atom is 1.00 e. The first kappa shape index (κ1) is 15.9. The fourth-order valence-electron chi connectivity index (χ4n) is 1.92. The summed E-state index contributed by atoms with van der Waals surface area (Å²) in [4.78, 5) is 21.7. The molecular formula is C12H6N7NaO2. The number of benzene rings is 1. The van der Waals surface area contributed by atoms with Gasteiger partial charge in [-0.3, -0.25) is 0 Å². The van der Waals surface area contributed by atoms with Crippen molar-refractivity contribution in [3.63, 3.8) is 0 Å². The van der Waals surface area contributed by atoms with Gasteiger partial charge in [0.15, 0.2) is 11.6 Å². The van der Waals surface area contributed by atoms with Gasteiger partial charge in [0.1, 0.15) is 5.52 Å². The molecule has 0 saturated heterocycles. The van der Waals surface area contributed by atoms with Crippen LogP contribution in [0.5, 0.6) is 0 Å². The standard InChI is InChI=1S/C12H7N7O2.Na/c13-18-16-10-11(15-5-4-14-10)19-6-7-2-1-3-8(12(20)21)9(7)17-19;/h1-6H,(H,20,21);/q;+1/p-1. The molecule has 1 aromatic carbocycles. The van der Waals surface area contributed by atoms with Gasteiger partial charge in [0.05, 0.1) is 5.97 Å². The molecule has 0 atom stereocenters. The maximum atomic E-state index is 11.1. The van der Waals surface area contributed by atoms with E-state index in [1.807, 2.05) is 0 Å². The Balaban J connectivity index is 0.00000176. The van der Waals surface area contributed by atoms with Crippen LogP contribution in [0.4, 0.5) is 5.82 Å². The van der Waals surface area contributed by atoms with Crippen LogP contribution in [0.25, 0.3) is 27.2 Å². The minimum Gasteiger partial charge on any atom is -0.545 e. The Hall–Kier alpha value is -2.45. The minimum atomic E-state index is -1.32. The van der Waals surface area contributed by atoms with Gasteiger partial charge in [-0.2, -0.15) is 5.10 Å². The van der Waals surface area contributed by atoms with Crippen molar-refractivity contribution in [1.29, 1.82) is 0 Å². The monoisotopic (exact) mass is 303 g/mol. The third-order valence-corrected chi connectivity index (χ3v) is 2.77. The summed E-state index contributed by atoms with van der Waals surface area (Å²) < 4.78 is 1.31. The van der Waals surface area contributed by atoms with Crippen LogP contribution in [-0.4, -0.2) is 25.7 Å². The van der Waals surface area contributed by atoms with Crippen LogP contribution in [0.15, 0.2) is 41.9 Å². The largest absolute Gasteiger partial charge is 1.00 e. The summed E-state index contributed by atoms with van der Waals surface area (Å²) in [6.07, 6.45) is 4.36. The van der Waals surface area contributed by atoms with Crippen LogP contribution in [0.2, 0.25) is 0 Å². The number of aromatic nitrogens is 4. The van der Waals surface area contributed by atoms with Crippen LogP contribution in [0, 0.1) is 0 Å². The summed E-state index contributed by atoms with van der Waals surface area (Å²) >= 11 is 0. The van der Waals surface area contributed by atoms with Crippen molar-refractivity contribution in [1.82, 2.24) is 19.7 Å². The molecule has 0 aliphatic rings. The SMILES string of the molecule is [N-]=[N+]=Nc1nccnc1-n1cc2cccc(C(=O)[O-])c2n1.[Na+]. The zero-order chi connectivity index (χ0) is 14.8. The molecule has 2 heterocycles. The van der Waals surface area contributed by atoms with Crippen molar-refractivity contribution >= 4 is 22.7 Å². The number of hydrogen-bond donors (Lipinski definition) is 0. The Morgan fingerprint density at radius 1 is 1.32 bits per heavy atom. The van der Waals surface area contributed by atoms with E-state index in [0.29, 0.717) is 5.39 Å². The Bertz CT molecular complexity index is 901. The van der Waals surface area contributed by atoms with Crippen LogP contribution in [-0.2, 0) is 0 Å². The Morgan fingerprint density at radius 3 is 2.82 bits per heavy atom. The van der Waals surface area contributed by atoms with Gasteiger partial charge in [0.25, 0.3) is 0 Å². The number of carboxylic acids is 1. The molecule has 0 bridgehead atoms. The van der Waals surface area contributed by atoms with Gasteiger partial charge in [-0.05, 0) is 10.6 Å². The van der Waals surface area contributed by atoms with Gasteiger partial charge in [0, 0.05) is 34.5 Å². The van der Waals surface area contributed by atoms with E-state index in [4.69, 9.17) is 5.53 Å². The molecule has 0 amide bonds. The molecule has 3 rings (SSSR count). The van der Waals surface area contributed by atoms with Crippen molar-refractivity contribution in [2.24, 2.45) is 5.11 Å². The van der Waals surface area contributed by atoms with E-state index in [-0.39, 0.29) is 52.3 Å². The molecule has 0 fully saturated rings. The van der Waals surface area contributed by atoms with Crippen molar-refractivity contribution in [3.05, 3.63) is 52.8 Å². The molecule has 0 radical (unpaired) electrons. The summed E-state index contributed by atoms with van der Waals surface area (Å²) in [5.41, 5.74) is 8.75. The van der Waals surface area contributed by atoms with E-state index in [9.17, 15) is 9.90 Å². The minimum absolute atomic E-state index is 0. The van der Waals surface area contributed by atoms with Crippen molar-refractivity contribution in [3.8, 4) is 5.82 Å². The van der Waals surface area contributed by atoms with E-state index in [0.717, 1.165) is 0 Å². The van der Waals surface area contributed by atoms with Gasteiger partial charge >= 0.3 is 29.6 Å². The Labute approximate surface area is 145 Å². The summed E-state index contributed by atoms with van der Waals surface area (Å²) in [6, 6.07) is 4.69. The number of carboxylic acid groups (broad SMARTS) is 1. The van der Waals surface area contributed by atoms with E-state index in [1.54, 1.807) is 18.3 Å². The molecule has 10 heteroatoms. The number of rotatable bonds is 3. The van der Waals surface area contributed by atoms with Gasteiger partial charge < -0.3 is 9.90 Å². The van der Waals surface area contributed by atoms with Crippen LogP contribution >= 0.6 is 0 Å². The number of fused-ring (bicyclic) bond motifs is 1. The van der Waals surface area contributed by atoms with Crippen molar-refractivity contribution < 1.29 is 39.5 Å². The van der Waals surface area contributed by atoms with Crippen molar-refractivity contribution in [2.75, 3.05) is 0 Å². The van der Waals surface area contributed by atoms with Crippen LogP contribution < -0.4 is 34.7 Å². The third-order valence-electron chi connectivity index (χ3n) is 2.77. The Kier molecular flexibility index (Phi) is 4.74. The zero-order valence-electron chi connectivity index (χ0n) is 11.4. The number of nitrogens with zero attached hydrogens (tertiary/aromatic N) is 7. The van der Waals surface area contributed by atoms with E-state index in [1.165, 1.54) is 23.1 Å². The first-order valence-corrected chi connectivity index (χ1v) is 5.77. The number of aromatic carboxylic acids is 1. The third kappa shape index (κ3) is 2.78. The zero-order valence-corrected chi connectivity index (χ0v) is 13.4. The number of carbonyl (C=O) groups is 1. The van der Waals surface area contributed by atoms with Crippen molar-refractivity contribution in [2.45, 2.75) is 0 Å². The second kappa shape index (κ2) is 6.54. The fourth-order valence-corrected chi connectivity index (χ4v) is 1.92. The quantitative estimate of drug-likeness (QED) is 0.242. The van der Waals surface area contributed by atoms with Gasteiger partial charge in [-0.25, -0.2) is 14.6 Å². The molecule has 2 aromatic heterocycles. The molecule has 102 valence electrons. The normalized spacial score (nSPS) is 9.82. The molecule has 9 nitrogen and oxygen atoms in total. The predicted octanol–water partition coefficient (Wildman–Crippen LogP) is -1.88. The second-order valence-electron chi connectivity index (χ2n) is 4.00. The topological polar surface area (TPSA) is 132 Å². The van der Waals surface area contributed by atoms with Crippen LogP contribution in [0.3, 0.4) is 0 Å². The molecule has 0 aliphatic heterocycles.